The molecule has 2 rings (SSSR count). The first kappa shape index (κ1) is 12.0. The van der Waals surface area contributed by atoms with Crippen molar-refractivity contribution in [2.45, 2.75) is 6.54 Å². The standard InChI is InChI=1S/C13H12N2O3/c1-18-12-3-2-10(8-16)6-11(12)7-15-9-14-5-4-13(15)17/h2-6,8-9H,7H2,1H3. The molecule has 18 heavy (non-hydrogen) atoms. The van der Waals surface area contributed by atoms with Crippen LogP contribution in [0.15, 0.2) is 41.6 Å². The Bertz CT molecular complexity index is 620. The molecule has 0 amide bonds. The van der Waals surface area contributed by atoms with E-state index in [1.165, 1.54) is 23.2 Å². The molecule has 1 aromatic heterocycles. The lowest BCUT2D eigenvalue weighted by Crippen LogP contribution is -2.19. The van der Waals surface area contributed by atoms with E-state index in [-0.39, 0.29) is 5.56 Å². The van der Waals surface area contributed by atoms with E-state index in [1.807, 2.05) is 0 Å². The zero-order valence-electron chi connectivity index (χ0n) is 9.87. The van der Waals surface area contributed by atoms with Crippen LogP contribution in [0.4, 0.5) is 0 Å². The van der Waals surface area contributed by atoms with Gasteiger partial charge >= 0.3 is 0 Å². The van der Waals surface area contributed by atoms with Gasteiger partial charge in [-0.2, -0.15) is 0 Å². The molecule has 0 aliphatic heterocycles. The summed E-state index contributed by atoms with van der Waals surface area (Å²) in [6.45, 7) is 0.317. The maximum atomic E-state index is 11.6. The molecule has 0 aliphatic carbocycles. The number of carbonyl (C=O) groups excluding carboxylic acids is 1. The van der Waals surface area contributed by atoms with Gasteiger partial charge in [-0.3, -0.25) is 14.2 Å². The summed E-state index contributed by atoms with van der Waals surface area (Å²) in [5, 5.41) is 0. The van der Waals surface area contributed by atoms with E-state index in [2.05, 4.69) is 4.98 Å². The van der Waals surface area contributed by atoms with Crippen molar-refractivity contribution in [3.05, 3.63) is 58.3 Å². The van der Waals surface area contributed by atoms with Crippen LogP contribution in [0.25, 0.3) is 0 Å². The third kappa shape index (κ3) is 2.45. The van der Waals surface area contributed by atoms with Gasteiger partial charge in [0.1, 0.15) is 12.0 Å². The van der Waals surface area contributed by atoms with Gasteiger partial charge < -0.3 is 4.74 Å². The molecule has 0 atom stereocenters. The quantitative estimate of drug-likeness (QED) is 0.756. The Hall–Kier alpha value is -2.43. The van der Waals surface area contributed by atoms with Gasteiger partial charge in [-0.15, -0.1) is 0 Å². The summed E-state index contributed by atoms with van der Waals surface area (Å²) in [7, 11) is 1.55. The van der Waals surface area contributed by atoms with Crippen molar-refractivity contribution in [3.63, 3.8) is 0 Å². The van der Waals surface area contributed by atoms with Gasteiger partial charge in [-0.05, 0) is 18.2 Å². The summed E-state index contributed by atoms with van der Waals surface area (Å²) in [4.78, 5) is 26.2. The van der Waals surface area contributed by atoms with E-state index in [9.17, 15) is 9.59 Å². The lowest BCUT2D eigenvalue weighted by molar-refractivity contribution is 0.112. The van der Waals surface area contributed by atoms with Crippen LogP contribution in [0, 0.1) is 0 Å². The number of aldehydes is 1. The van der Waals surface area contributed by atoms with E-state index in [0.29, 0.717) is 17.9 Å². The van der Waals surface area contributed by atoms with Gasteiger partial charge in [0.05, 0.1) is 20.0 Å². The molecule has 0 radical (unpaired) electrons. The molecular weight excluding hydrogens is 232 g/mol. The molecule has 0 saturated carbocycles. The second kappa shape index (κ2) is 5.27. The van der Waals surface area contributed by atoms with Crippen LogP contribution in [-0.2, 0) is 6.54 Å². The van der Waals surface area contributed by atoms with Crippen LogP contribution in [0.5, 0.6) is 5.75 Å². The van der Waals surface area contributed by atoms with Gasteiger partial charge in [-0.1, -0.05) is 0 Å². The zero-order valence-corrected chi connectivity index (χ0v) is 9.87. The normalized spacial score (nSPS) is 10.1. The van der Waals surface area contributed by atoms with E-state index >= 15 is 0 Å². The summed E-state index contributed by atoms with van der Waals surface area (Å²) in [5.41, 5.74) is 1.16. The van der Waals surface area contributed by atoms with Crippen molar-refractivity contribution in [3.8, 4) is 5.75 Å². The average Bonchev–Trinajstić information content (AvgIpc) is 2.41. The molecule has 92 valence electrons. The first-order valence-corrected chi connectivity index (χ1v) is 5.37. The Balaban J connectivity index is 2.41. The molecule has 1 heterocycles. The highest BCUT2D eigenvalue weighted by molar-refractivity contribution is 5.75. The van der Waals surface area contributed by atoms with Crippen molar-refractivity contribution in [1.29, 1.82) is 0 Å². The van der Waals surface area contributed by atoms with Crippen LogP contribution >= 0.6 is 0 Å². The topological polar surface area (TPSA) is 61.2 Å². The fourth-order valence-electron chi connectivity index (χ4n) is 1.68. The van der Waals surface area contributed by atoms with Gasteiger partial charge in [0.15, 0.2) is 0 Å². The molecule has 0 fully saturated rings. The lowest BCUT2D eigenvalue weighted by atomic mass is 10.1. The van der Waals surface area contributed by atoms with Gasteiger partial charge in [-0.25, -0.2) is 4.98 Å². The Kier molecular flexibility index (Phi) is 3.52. The van der Waals surface area contributed by atoms with Crippen LogP contribution in [-0.4, -0.2) is 22.9 Å². The number of methoxy groups -OCH3 is 1. The molecule has 2 aromatic rings. The number of hydrogen-bond acceptors (Lipinski definition) is 4. The molecule has 0 unspecified atom stereocenters. The highest BCUT2D eigenvalue weighted by Crippen LogP contribution is 2.19. The molecule has 5 nitrogen and oxygen atoms in total. The van der Waals surface area contributed by atoms with Crippen LogP contribution < -0.4 is 10.3 Å². The fourth-order valence-corrected chi connectivity index (χ4v) is 1.68. The SMILES string of the molecule is COc1ccc(C=O)cc1Cn1cnccc1=O. The first-order chi connectivity index (χ1) is 8.74. The molecule has 0 N–H and O–H groups in total. The van der Waals surface area contributed by atoms with E-state index < -0.39 is 0 Å². The minimum Gasteiger partial charge on any atom is -0.496 e. The van der Waals surface area contributed by atoms with Crippen molar-refractivity contribution in [2.24, 2.45) is 0 Å². The van der Waals surface area contributed by atoms with Crippen molar-refractivity contribution >= 4 is 6.29 Å². The average molecular weight is 244 g/mol. The molecule has 0 aliphatic rings. The zero-order chi connectivity index (χ0) is 13.0. The third-order valence-electron chi connectivity index (χ3n) is 2.57. The van der Waals surface area contributed by atoms with Crippen LogP contribution in [0.1, 0.15) is 15.9 Å². The predicted molar refractivity (Wildman–Crippen MR) is 66.0 cm³/mol. The molecule has 0 spiro atoms. The summed E-state index contributed by atoms with van der Waals surface area (Å²) < 4.78 is 6.66. The van der Waals surface area contributed by atoms with Crippen molar-refractivity contribution < 1.29 is 9.53 Å². The Morgan fingerprint density at radius 3 is 2.89 bits per heavy atom. The van der Waals surface area contributed by atoms with Gasteiger partial charge in [0.2, 0.25) is 0 Å². The number of benzene rings is 1. The van der Waals surface area contributed by atoms with Crippen LogP contribution in [0.2, 0.25) is 0 Å². The smallest absolute Gasteiger partial charge is 0.253 e. The second-order valence-electron chi connectivity index (χ2n) is 3.74. The molecule has 1 aromatic carbocycles. The highest BCUT2D eigenvalue weighted by atomic mass is 16.5. The summed E-state index contributed by atoms with van der Waals surface area (Å²) in [6, 6.07) is 6.46. The first-order valence-electron chi connectivity index (χ1n) is 5.37. The highest BCUT2D eigenvalue weighted by Gasteiger charge is 2.06. The Morgan fingerprint density at radius 1 is 1.39 bits per heavy atom. The fraction of sp³-hybridized carbons (Fsp3) is 0.154. The van der Waals surface area contributed by atoms with E-state index in [4.69, 9.17) is 4.74 Å². The monoisotopic (exact) mass is 244 g/mol. The lowest BCUT2D eigenvalue weighted by Gasteiger charge is -2.10. The predicted octanol–water partition coefficient (Wildman–Crippen LogP) is 1.11. The summed E-state index contributed by atoms with van der Waals surface area (Å²) in [6.07, 6.45) is 3.65. The number of nitrogens with zero attached hydrogens (tertiary/aromatic N) is 2. The largest absolute Gasteiger partial charge is 0.496 e. The molecular formula is C13H12N2O3. The molecule has 0 saturated heterocycles. The number of aromatic nitrogens is 2. The second-order valence-corrected chi connectivity index (χ2v) is 3.74. The minimum atomic E-state index is -0.149. The third-order valence-corrected chi connectivity index (χ3v) is 2.57. The van der Waals surface area contributed by atoms with Gasteiger partial charge in [0.25, 0.3) is 5.56 Å². The maximum Gasteiger partial charge on any atom is 0.253 e. The van der Waals surface area contributed by atoms with E-state index in [0.717, 1.165) is 11.8 Å². The van der Waals surface area contributed by atoms with Crippen LogP contribution in [0.3, 0.4) is 0 Å². The summed E-state index contributed by atoms with van der Waals surface area (Å²) >= 11 is 0. The van der Waals surface area contributed by atoms with Gasteiger partial charge in [0, 0.05) is 23.4 Å². The number of ether oxygens (including phenoxy) is 1. The Morgan fingerprint density at radius 2 is 2.22 bits per heavy atom. The number of hydrogen-bond donors (Lipinski definition) is 0. The molecule has 5 heteroatoms. The number of rotatable bonds is 4. The minimum absolute atomic E-state index is 0.149. The van der Waals surface area contributed by atoms with E-state index in [1.54, 1.807) is 25.3 Å². The maximum absolute atomic E-state index is 11.6. The number of carbonyl (C=O) groups is 1. The Labute approximate surface area is 104 Å². The van der Waals surface area contributed by atoms with Crippen molar-refractivity contribution in [2.75, 3.05) is 7.11 Å². The summed E-state index contributed by atoms with van der Waals surface area (Å²) in [5.74, 6) is 0.636. The van der Waals surface area contributed by atoms with Crippen molar-refractivity contribution in [1.82, 2.24) is 9.55 Å². The molecule has 0 bridgehead atoms.